The van der Waals surface area contributed by atoms with E-state index in [-0.39, 0.29) is 0 Å². The molecule has 0 saturated heterocycles. The minimum atomic E-state index is 0.824. The zero-order valence-electron chi connectivity index (χ0n) is 27.5. The first-order valence-corrected chi connectivity index (χ1v) is 16.7. The molecular formula is C37H54N4Ni. The van der Waals surface area contributed by atoms with Crippen LogP contribution in [0.25, 0.3) is 16.9 Å². The fraction of sp³-hybridized carbons (Fsp3) is 0.514. The zero-order chi connectivity index (χ0) is 30.9. The van der Waals surface area contributed by atoms with Gasteiger partial charge in [-0.1, -0.05) is 83.1 Å². The van der Waals surface area contributed by atoms with Gasteiger partial charge in [-0.05, 0) is 80.8 Å². The molecule has 232 valence electrons. The van der Waals surface area contributed by atoms with Crippen LogP contribution in [-0.2, 0) is 27.7 Å². The molecule has 3 rings (SSSR count). The molecule has 0 spiro atoms. The Hall–Kier alpha value is -2.51. The molecule has 0 N–H and O–H groups in total. The van der Waals surface area contributed by atoms with Crippen molar-refractivity contribution in [2.75, 3.05) is 28.2 Å². The first-order chi connectivity index (χ1) is 20.3. The molecule has 0 amide bonds. The van der Waals surface area contributed by atoms with Gasteiger partial charge >= 0.3 is 51.0 Å². The number of hydrogen-bond donors (Lipinski definition) is 0. The molecule has 0 bridgehead atoms. The maximum absolute atomic E-state index is 11.6. The second-order valence-corrected chi connectivity index (χ2v) is 13.1. The van der Waals surface area contributed by atoms with Gasteiger partial charge in [0.25, 0.3) is 0 Å². The van der Waals surface area contributed by atoms with Gasteiger partial charge in [-0.3, -0.25) is 0 Å². The Kier molecular flexibility index (Phi) is 16.7. The van der Waals surface area contributed by atoms with Crippen molar-refractivity contribution < 1.29 is 19.6 Å². The van der Waals surface area contributed by atoms with E-state index in [0.717, 1.165) is 65.8 Å². The number of hydrogen-bond acceptors (Lipinski definition) is 2. The van der Waals surface area contributed by atoms with Crippen LogP contribution in [0.3, 0.4) is 0 Å². The van der Waals surface area contributed by atoms with E-state index >= 15 is 0 Å². The molecule has 1 aliphatic heterocycles. The monoisotopic (exact) mass is 612 g/mol. The van der Waals surface area contributed by atoms with Crippen LogP contribution in [0.1, 0.15) is 108 Å². The first-order valence-electron chi connectivity index (χ1n) is 15.8. The second-order valence-electron chi connectivity index (χ2n) is 11.2. The Morgan fingerprint density at radius 3 is 1.81 bits per heavy atom. The number of nitrogens with zero attached hydrogens (tertiary/aromatic N) is 4. The molecule has 0 fully saturated rings. The SMILES string of the molecule is CC#CC1=C(c2cccc(CCCCC)c2)[N+](=[N-])C(c2ccc(CCCCC)cc2)=C1CCCC.C[N](C)[Ni][N](C)C. The number of unbranched alkanes of at least 4 members (excludes halogenated alkanes) is 5. The fourth-order valence-electron chi connectivity index (χ4n) is 5.14. The van der Waals surface area contributed by atoms with Crippen molar-refractivity contribution in [1.82, 2.24) is 7.96 Å². The first kappa shape index (κ1) is 35.7. The summed E-state index contributed by atoms with van der Waals surface area (Å²) >= 11 is 1.51. The Morgan fingerprint density at radius 1 is 0.690 bits per heavy atom. The van der Waals surface area contributed by atoms with E-state index in [1.807, 2.05) is 35.1 Å². The predicted octanol–water partition coefficient (Wildman–Crippen LogP) is 9.56. The van der Waals surface area contributed by atoms with E-state index < -0.39 is 0 Å². The summed E-state index contributed by atoms with van der Waals surface area (Å²) in [5.74, 6) is 6.49. The van der Waals surface area contributed by atoms with Crippen molar-refractivity contribution in [3.05, 3.63) is 87.5 Å². The summed E-state index contributed by atoms with van der Waals surface area (Å²) in [4.78, 5) is 0. The molecule has 0 radical (unpaired) electrons. The van der Waals surface area contributed by atoms with Crippen molar-refractivity contribution in [3.8, 4) is 11.8 Å². The van der Waals surface area contributed by atoms with E-state index in [4.69, 9.17) is 0 Å². The van der Waals surface area contributed by atoms with Gasteiger partial charge in [-0.15, -0.1) is 5.92 Å². The maximum atomic E-state index is 11.6. The predicted molar refractivity (Wildman–Crippen MR) is 177 cm³/mol. The van der Waals surface area contributed by atoms with E-state index in [1.54, 1.807) is 0 Å². The number of allylic oxidation sites excluding steroid dienone is 2. The van der Waals surface area contributed by atoms with Gasteiger partial charge < -0.3 is 5.53 Å². The summed E-state index contributed by atoms with van der Waals surface area (Å²) in [6.45, 7) is 8.58. The van der Waals surface area contributed by atoms with Crippen LogP contribution in [-0.4, -0.2) is 40.8 Å². The molecule has 1 heterocycles. The van der Waals surface area contributed by atoms with E-state index in [1.165, 1.54) is 69.2 Å². The van der Waals surface area contributed by atoms with E-state index in [0.29, 0.717) is 0 Å². The second kappa shape index (κ2) is 19.6. The van der Waals surface area contributed by atoms with Crippen LogP contribution < -0.4 is 0 Å². The van der Waals surface area contributed by atoms with Crippen LogP contribution in [0.4, 0.5) is 0 Å². The Labute approximate surface area is 264 Å². The van der Waals surface area contributed by atoms with E-state index in [9.17, 15) is 5.53 Å². The van der Waals surface area contributed by atoms with Gasteiger partial charge in [-0.2, -0.15) is 0 Å². The minimum absolute atomic E-state index is 0.824. The molecule has 2 aromatic rings. The summed E-state index contributed by atoms with van der Waals surface area (Å²) in [7, 11) is 8.11. The number of aryl methyl sites for hydroxylation is 2. The third-order valence-corrected chi connectivity index (χ3v) is 7.89. The standard InChI is InChI=1S/C33H42N2.2C2H6N.Ni/c1-5-9-12-16-26-21-23-28(24-22-26)32-31(20-11-7-3)30(15-8-4)33(35(32)34)29-19-14-18-27(25-29)17-13-10-6-2;2*1-3-2;/h14,18-19,21-25H,5-7,9-13,16-17,20H2,1-4H3;2*1-2H3;/q;2*-1;+2. The molecule has 0 aliphatic carbocycles. The Morgan fingerprint density at radius 2 is 1.29 bits per heavy atom. The molecule has 1 aliphatic rings. The number of benzene rings is 2. The van der Waals surface area contributed by atoms with Crippen molar-refractivity contribution in [1.29, 1.82) is 0 Å². The summed E-state index contributed by atoms with van der Waals surface area (Å²) < 4.78 is 5.54. The molecule has 5 heteroatoms. The third kappa shape index (κ3) is 11.3. The molecule has 0 atom stereocenters. The molecule has 4 nitrogen and oxygen atoms in total. The average Bonchev–Trinajstić information content (AvgIpc) is 3.23. The van der Waals surface area contributed by atoms with Crippen molar-refractivity contribution in [2.45, 2.75) is 98.3 Å². The summed E-state index contributed by atoms with van der Waals surface area (Å²) in [5.41, 5.74) is 20.2. The summed E-state index contributed by atoms with van der Waals surface area (Å²) in [6, 6.07) is 17.5. The van der Waals surface area contributed by atoms with Gasteiger partial charge in [0.15, 0.2) is 0 Å². The van der Waals surface area contributed by atoms with Crippen molar-refractivity contribution in [3.63, 3.8) is 0 Å². The fourth-order valence-corrected chi connectivity index (χ4v) is 5.93. The normalized spacial score (nSPS) is 13.1. The van der Waals surface area contributed by atoms with Crippen LogP contribution in [0, 0.1) is 11.8 Å². The molecule has 2 aromatic carbocycles. The molecule has 0 saturated carbocycles. The van der Waals surface area contributed by atoms with Gasteiger partial charge in [0, 0.05) is 16.7 Å². The molecule has 0 aromatic heterocycles. The zero-order valence-corrected chi connectivity index (χ0v) is 28.5. The Bertz CT molecular complexity index is 1240. The summed E-state index contributed by atoms with van der Waals surface area (Å²) in [6.07, 6.45) is 12.6. The molecule has 42 heavy (non-hydrogen) atoms. The third-order valence-electron chi connectivity index (χ3n) is 7.10. The summed E-state index contributed by atoms with van der Waals surface area (Å²) in [5, 5.41) is 0. The topological polar surface area (TPSA) is 31.8 Å². The Balaban J connectivity index is 0.000000782. The van der Waals surface area contributed by atoms with Crippen LogP contribution in [0.5, 0.6) is 0 Å². The van der Waals surface area contributed by atoms with Crippen molar-refractivity contribution >= 4 is 11.4 Å². The van der Waals surface area contributed by atoms with Gasteiger partial charge in [0.1, 0.15) is 5.57 Å². The van der Waals surface area contributed by atoms with Gasteiger partial charge in [0.05, 0.1) is 0 Å². The van der Waals surface area contributed by atoms with Gasteiger partial charge in [-0.25, -0.2) is 4.70 Å². The molecular weight excluding hydrogens is 559 g/mol. The van der Waals surface area contributed by atoms with Crippen LogP contribution in [0.2, 0.25) is 0 Å². The van der Waals surface area contributed by atoms with Crippen LogP contribution >= 0.6 is 0 Å². The van der Waals surface area contributed by atoms with Crippen molar-refractivity contribution in [2.24, 2.45) is 0 Å². The average molecular weight is 614 g/mol. The van der Waals surface area contributed by atoms with Crippen LogP contribution in [0.15, 0.2) is 59.7 Å². The van der Waals surface area contributed by atoms with E-state index in [2.05, 4.69) is 89.1 Å². The molecule has 0 unspecified atom stereocenters. The quantitative estimate of drug-likeness (QED) is 0.0867. The van der Waals surface area contributed by atoms with Gasteiger partial charge in [0.2, 0.25) is 11.4 Å². The number of rotatable bonds is 15.